The Morgan fingerprint density at radius 1 is 0.610 bits per heavy atom. The summed E-state index contributed by atoms with van der Waals surface area (Å²) in [7, 11) is 0. The third-order valence-corrected chi connectivity index (χ3v) is 14.1. The topological polar surface area (TPSA) is 0 Å². The number of hydrogen-bond donors (Lipinski definition) is 0. The molecule has 0 radical (unpaired) electrons. The fourth-order valence-electron chi connectivity index (χ4n) is 8.38. The Bertz CT molecular complexity index is 1990. The van der Waals surface area contributed by atoms with Crippen molar-refractivity contribution in [2.45, 2.75) is 144 Å². The highest BCUT2D eigenvalue weighted by Gasteiger charge is 2.19. The van der Waals surface area contributed by atoms with Crippen molar-refractivity contribution < 1.29 is 0 Å². The summed E-state index contributed by atoms with van der Waals surface area (Å²) in [4.78, 5) is 2.77. The summed E-state index contributed by atoms with van der Waals surface area (Å²) in [6.07, 6.45) is 31.3. The van der Waals surface area contributed by atoms with Crippen molar-refractivity contribution in [1.29, 1.82) is 0 Å². The molecule has 3 atom stereocenters. The van der Waals surface area contributed by atoms with Gasteiger partial charge in [0.2, 0.25) is 0 Å². The summed E-state index contributed by atoms with van der Waals surface area (Å²) < 4.78 is 0. The molecule has 6 rings (SSSR count). The molecular formula is C58H74S. The largest absolute Gasteiger partial charge is 0.0898 e. The first kappa shape index (κ1) is 46.0. The highest BCUT2D eigenvalue weighted by molar-refractivity contribution is 8.03. The van der Waals surface area contributed by atoms with Gasteiger partial charge in [-0.2, -0.15) is 0 Å². The van der Waals surface area contributed by atoms with E-state index < -0.39 is 0 Å². The first-order valence-corrected chi connectivity index (χ1v) is 24.0. The van der Waals surface area contributed by atoms with Gasteiger partial charge in [0, 0.05) is 15.7 Å². The van der Waals surface area contributed by atoms with Crippen LogP contribution in [0.2, 0.25) is 0 Å². The van der Waals surface area contributed by atoms with Crippen molar-refractivity contribution in [3.63, 3.8) is 0 Å². The van der Waals surface area contributed by atoms with Crippen LogP contribution < -0.4 is 0 Å². The van der Waals surface area contributed by atoms with E-state index in [-0.39, 0.29) is 0 Å². The molecule has 0 N–H and O–H groups in total. The molecule has 0 saturated heterocycles. The smallest absolute Gasteiger partial charge is 0.0157 e. The van der Waals surface area contributed by atoms with Crippen molar-refractivity contribution in [2.75, 3.05) is 0 Å². The van der Waals surface area contributed by atoms with Crippen LogP contribution in [0.3, 0.4) is 0 Å². The molecule has 312 valence electrons. The second-order valence-electron chi connectivity index (χ2n) is 17.4. The predicted molar refractivity (Wildman–Crippen MR) is 263 cm³/mol. The lowest BCUT2D eigenvalue weighted by Crippen LogP contribution is -2.04. The van der Waals surface area contributed by atoms with Gasteiger partial charge in [-0.15, -0.1) is 0 Å². The molecule has 0 aliphatic heterocycles. The molecule has 0 bridgehead atoms. The maximum atomic E-state index is 2.54. The van der Waals surface area contributed by atoms with Crippen LogP contribution in [0.1, 0.15) is 134 Å². The molecule has 2 aliphatic carbocycles. The molecule has 0 heterocycles. The molecule has 0 nitrogen and oxygen atoms in total. The van der Waals surface area contributed by atoms with Crippen molar-refractivity contribution >= 4 is 11.8 Å². The molecule has 3 unspecified atom stereocenters. The zero-order valence-electron chi connectivity index (χ0n) is 38.0. The Balaban J connectivity index is 0.000000395. The van der Waals surface area contributed by atoms with E-state index in [0.29, 0.717) is 5.92 Å². The van der Waals surface area contributed by atoms with Gasteiger partial charge >= 0.3 is 0 Å². The van der Waals surface area contributed by atoms with Gasteiger partial charge in [-0.1, -0.05) is 222 Å². The Labute approximate surface area is 365 Å². The van der Waals surface area contributed by atoms with E-state index in [2.05, 4.69) is 183 Å². The molecule has 0 saturated carbocycles. The lowest BCUT2D eigenvalue weighted by Gasteiger charge is -2.21. The SMILES string of the molecule is CCCCC(CC)CCC1=CC=C(C2C=C(Sc3cc(-c4ccc(CCC(CC)CCC)cc4)ccc3C)C(C)=CC2)C=CC1.Cc1ccc(-c2ccc(C)cc2)cc1. The predicted octanol–water partition coefficient (Wildman–Crippen LogP) is 18.1. The quantitative estimate of drug-likeness (QED) is 0.0966. The minimum atomic E-state index is 0.441. The number of hydrogen-bond acceptors (Lipinski definition) is 1. The molecule has 4 aromatic carbocycles. The molecule has 0 amide bonds. The summed E-state index contributed by atoms with van der Waals surface area (Å²) >= 11 is 1.95. The van der Waals surface area contributed by atoms with Crippen LogP contribution in [0, 0.1) is 38.5 Å². The normalized spacial score (nSPS) is 16.2. The lowest BCUT2D eigenvalue weighted by molar-refractivity contribution is 0.420. The standard InChI is InChI=1S/C44H60S.C14H14/c1-7-11-14-36(10-4)20-21-37-15-12-16-39(28-23-37)41-26-17-33(5)43(31-41)45-44-32-42(27-18-34(44)6)40-29-24-38(25-30-40)22-19-35(9-3)13-8-2;1-11-3-7-13(8-4-11)14-9-5-12(2)6-10-14/h12,16-18,23-25,27-32,35-36,41H,7-11,13-15,19-22,26H2,1-6H3;3-10H,1-2H3. The maximum Gasteiger partial charge on any atom is 0.0157 e. The van der Waals surface area contributed by atoms with E-state index in [1.165, 1.54) is 136 Å². The van der Waals surface area contributed by atoms with Gasteiger partial charge in [-0.05, 0) is 129 Å². The van der Waals surface area contributed by atoms with Crippen LogP contribution in [-0.4, -0.2) is 0 Å². The molecular weight excluding hydrogens is 729 g/mol. The van der Waals surface area contributed by atoms with Crippen molar-refractivity contribution in [2.24, 2.45) is 17.8 Å². The number of rotatable bonds is 18. The van der Waals surface area contributed by atoms with Crippen LogP contribution in [0.4, 0.5) is 0 Å². The summed E-state index contributed by atoms with van der Waals surface area (Å²) in [6.45, 7) is 18.1. The number of unbranched alkanes of at least 4 members (excludes halogenated alkanes) is 1. The van der Waals surface area contributed by atoms with E-state index in [0.717, 1.165) is 24.7 Å². The zero-order valence-corrected chi connectivity index (χ0v) is 38.8. The molecule has 2 aliphatic rings. The minimum Gasteiger partial charge on any atom is -0.0898 e. The molecule has 59 heavy (non-hydrogen) atoms. The first-order chi connectivity index (χ1) is 28.7. The monoisotopic (exact) mass is 803 g/mol. The van der Waals surface area contributed by atoms with E-state index in [4.69, 9.17) is 0 Å². The van der Waals surface area contributed by atoms with Gasteiger partial charge in [0.05, 0.1) is 0 Å². The van der Waals surface area contributed by atoms with Gasteiger partial charge in [-0.25, -0.2) is 0 Å². The van der Waals surface area contributed by atoms with E-state index in [1.54, 1.807) is 5.57 Å². The van der Waals surface area contributed by atoms with Crippen LogP contribution >= 0.6 is 11.8 Å². The van der Waals surface area contributed by atoms with E-state index in [1.807, 2.05) is 11.8 Å². The van der Waals surface area contributed by atoms with Gasteiger partial charge in [0.1, 0.15) is 0 Å². The molecule has 1 heteroatoms. The second kappa shape index (κ2) is 24.3. The molecule has 0 aromatic heterocycles. The fourth-order valence-corrected chi connectivity index (χ4v) is 9.51. The highest BCUT2D eigenvalue weighted by atomic mass is 32.2. The highest BCUT2D eigenvalue weighted by Crippen LogP contribution is 2.41. The van der Waals surface area contributed by atoms with Crippen molar-refractivity contribution in [3.8, 4) is 22.3 Å². The average Bonchev–Trinajstić information content (AvgIpc) is 3.51. The fraction of sp³-hybridized carbons (Fsp3) is 0.414. The second-order valence-corrected chi connectivity index (χ2v) is 18.5. The zero-order chi connectivity index (χ0) is 42.0. The van der Waals surface area contributed by atoms with Crippen LogP contribution in [0.5, 0.6) is 0 Å². The van der Waals surface area contributed by atoms with E-state index >= 15 is 0 Å². The minimum absolute atomic E-state index is 0.441. The van der Waals surface area contributed by atoms with Crippen molar-refractivity contribution in [3.05, 3.63) is 171 Å². The Morgan fingerprint density at radius 3 is 1.83 bits per heavy atom. The summed E-state index contributed by atoms with van der Waals surface area (Å²) in [5.74, 6) is 2.18. The van der Waals surface area contributed by atoms with Gasteiger partial charge in [0.25, 0.3) is 0 Å². The summed E-state index contributed by atoms with van der Waals surface area (Å²) in [6, 6.07) is 33.6. The Kier molecular flexibility index (Phi) is 18.9. The average molecular weight is 803 g/mol. The van der Waals surface area contributed by atoms with Gasteiger partial charge < -0.3 is 0 Å². The Hall–Kier alpha value is -4.07. The third kappa shape index (κ3) is 14.6. The molecule has 4 aromatic rings. The molecule has 0 fully saturated rings. The van der Waals surface area contributed by atoms with Crippen LogP contribution in [0.25, 0.3) is 22.3 Å². The van der Waals surface area contributed by atoms with E-state index in [9.17, 15) is 0 Å². The first-order valence-electron chi connectivity index (χ1n) is 23.2. The maximum absolute atomic E-state index is 2.54. The van der Waals surface area contributed by atoms with Crippen molar-refractivity contribution in [1.82, 2.24) is 0 Å². The number of thioether (sulfide) groups is 1. The number of aryl methyl sites for hydroxylation is 4. The van der Waals surface area contributed by atoms with Crippen LogP contribution in [0.15, 0.2) is 154 Å². The van der Waals surface area contributed by atoms with Gasteiger partial charge in [-0.3, -0.25) is 0 Å². The molecule has 0 spiro atoms. The summed E-state index contributed by atoms with van der Waals surface area (Å²) in [5.41, 5.74) is 15.1. The van der Waals surface area contributed by atoms with Crippen LogP contribution in [-0.2, 0) is 6.42 Å². The third-order valence-electron chi connectivity index (χ3n) is 12.7. The summed E-state index contributed by atoms with van der Waals surface area (Å²) in [5, 5.41) is 0. The lowest BCUT2D eigenvalue weighted by atomic mass is 9.89. The van der Waals surface area contributed by atoms with Gasteiger partial charge in [0.15, 0.2) is 0 Å². The Morgan fingerprint density at radius 2 is 1.20 bits per heavy atom. The number of allylic oxidation sites excluding steroid dienone is 9. The number of benzene rings is 4.